The van der Waals surface area contributed by atoms with Crippen molar-refractivity contribution in [3.05, 3.63) is 23.2 Å². The van der Waals surface area contributed by atoms with Crippen LogP contribution in [-0.2, 0) is 0 Å². The average molecular weight is 337 g/mol. The minimum atomic E-state index is -0.249. The smallest absolute Gasteiger partial charge is 0.267 e. The van der Waals surface area contributed by atoms with Gasteiger partial charge in [0.1, 0.15) is 4.88 Å². The number of hydrogen-bond acceptors (Lipinski definition) is 7. The first-order valence-electron chi connectivity index (χ1n) is 6.94. The molecule has 0 atom stereocenters. The van der Waals surface area contributed by atoms with Crippen molar-refractivity contribution >= 4 is 28.1 Å². The molecule has 23 heavy (non-hydrogen) atoms. The molecule has 7 nitrogen and oxygen atoms in total. The number of benzene rings is 1. The molecule has 124 valence electrons. The molecule has 0 aliphatic rings. The SMILES string of the molecule is CCNc1ncc(C(=O)Nc2cc(OC)c(OC)c(OC)c2)s1. The molecule has 2 aromatic rings. The lowest BCUT2D eigenvalue weighted by molar-refractivity contribution is 0.103. The van der Waals surface area contributed by atoms with E-state index in [0.29, 0.717) is 32.9 Å². The number of hydrogen-bond donors (Lipinski definition) is 2. The van der Waals surface area contributed by atoms with Crippen LogP contribution in [0.2, 0.25) is 0 Å². The van der Waals surface area contributed by atoms with Crippen molar-refractivity contribution in [2.75, 3.05) is 38.5 Å². The van der Waals surface area contributed by atoms with Gasteiger partial charge in [-0.25, -0.2) is 4.98 Å². The van der Waals surface area contributed by atoms with Crippen LogP contribution in [0.5, 0.6) is 17.2 Å². The molecule has 0 bridgehead atoms. The molecular weight excluding hydrogens is 318 g/mol. The van der Waals surface area contributed by atoms with Gasteiger partial charge in [0.25, 0.3) is 5.91 Å². The molecular formula is C15H19N3O4S. The fourth-order valence-corrected chi connectivity index (χ4v) is 2.74. The Bertz CT molecular complexity index is 662. The number of nitrogens with one attached hydrogen (secondary N) is 2. The van der Waals surface area contributed by atoms with Gasteiger partial charge in [0.2, 0.25) is 5.75 Å². The van der Waals surface area contributed by atoms with Gasteiger partial charge < -0.3 is 24.8 Å². The van der Waals surface area contributed by atoms with Crippen molar-refractivity contribution in [3.8, 4) is 17.2 Å². The summed E-state index contributed by atoms with van der Waals surface area (Å²) in [6.45, 7) is 2.72. The van der Waals surface area contributed by atoms with Gasteiger partial charge in [0, 0.05) is 24.4 Å². The minimum absolute atomic E-state index is 0.249. The van der Waals surface area contributed by atoms with E-state index in [0.717, 1.165) is 6.54 Å². The Labute approximate surface area is 138 Å². The highest BCUT2D eigenvalue weighted by Crippen LogP contribution is 2.40. The van der Waals surface area contributed by atoms with Crippen LogP contribution in [0.3, 0.4) is 0 Å². The van der Waals surface area contributed by atoms with Gasteiger partial charge in [0.05, 0.1) is 27.5 Å². The van der Waals surface area contributed by atoms with Gasteiger partial charge in [-0.1, -0.05) is 11.3 Å². The summed E-state index contributed by atoms with van der Waals surface area (Å²) in [5.74, 6) is 1.17. The van der Waals surface area contributed by atoms with Crippen molar-refractivity contribution in [2.24, 2.45) is 0 Å². The summed E-state index contributed by atoms with van der Waals surface area (Å²) in [6, 6.07) is 3.34. The molecule has 0 radical (unpaired) electrons. The third kappa shape index (κ3) is 3.84. The largest absolute Gasteiger partial charge is 0.493 e. The Morgan fingerprint density at radius 3 is 2.35 bits per heavy atom. The van der Waals surface area contributed by atoms with E-state index in [1.807, 2.05) is 6.92 Å². The van der Waals surface area contributed by atoms with E-state index in [2.05, 4.69) is 15.6 Å². The third-order valence-corrected chi connectivity index (χ3v) is 3.93. The second-order valence-corrected chi connectivity index (χ2v) is 5.46. The first-order valence-corrected chi connectivity index (χ1v) is 7.75. The normalized spacial score (nSPS) is 10.1. The van der Waals surface area contributed by atoms with E-state index in [1.165, 1.54) is 38.9 Å². The van der Waals surface area contributed by atoms with Crippen LogP contribution in [0.4, 0.5) is 10.8 Å². The van der Waals surface area contributed by atoms with Gasteiger partial charge in [-0.05, 0) is 6.92 Å². The zero-order valence-corrected chi connectivity index (χ0v) is 14.2. The van der Waals surface area contributed by atoms with Crippen LogP contribution >= 0.6 is 11.3 Å². The second kappa shape index (κ2) is 7.68. The molecule has 1 heterocycles. The molecule has 1 aromatic carbocycles. The van der Waals surface area contributed by atoms with Crippen LogP contribution in [0.15, 0.2) is 18.3 Å². The van der Waals surface area contributed by atoms with Crippen molar-refractivity contribution in [1.82, 2.24) is 4.98 Å². The summed E-state index contributed by atoms with van der Waals surface area (Å²) < 4.78 is 15.8. The maximum Gasteiger partial charge on any atom is 0.267 e. The molecule has 1 amide bonds. The summed E-state index contributed by atoms with van der Waals surface area (Å²) in [5.41, 5.74) is 0.544. The lowest BCUT2D eigenvalue weighted by Crippen LogP contribution is -2.10. The summed E-state index contributed by atoms with van der Waals surface area (Å²) in [4.78, 5) is 17.0. The molecule has 0 aliphatic carbocycles. The van der Waals surface area contributed by atoms with Crippen LogP contribution in [0, 0.1) is 0 Å². The maximum absolute atomic E-state index is 12.3. The van der Waals surface area contributed by atoms with Crippen LogP contribution in [0.25, 0.3) is 0 Å². The number of nitrogens with zero attached hydrogens (tertiary/aromatic N) is 1. The number of rotatable bonds is 7. The van der Waals surface area contributed by atoms with Gasteiger partial charge in [-0.3, -0.25) is 4.79 Å². The highest BCUT2D eigenvalue weighted by molar-refractivity contribution is 7.17. The Kier molecular flexibility index (Phi) is 5.64. The molecule has 2 N–H and O–H groups in total. The number of aromatic nitrogens is 1. The van der Waals surface area contributed by atoms with Crippen molar-refractivity contribution in [2.45, 2.75) is 6.92 Å². The Balaban J connectivity index is 2.22. The lowest BCUT2D eigenvalue weighted by Gasteiger charge is -2.14. The number of carbonyl (C=O) groups is 1. The quantitative estimate of drug-likeness (QED) is 0.808. The standard InChI is InChI=1S/C15H19N3O4S/c1-5-16-15-17-8-12(23-15)14(19)18-9-6-10(20-2)13(22-4)11(7-9)21-3/h6-8H,5H2,1-4H3,(H,16,17)(H,18,19). The van der Waals surface area contributed by atoms with Crippen molar-refractivity contribution in [3.63, 3.8) is 0 Å². The summed E-state index contributed by atoms with van der Waals surface area (Å²) in [7, 11) is 4.57. The number of amides is 1. The number of ether oxygens (including phenoxy) is 3. The zero-order valence-electron chi connectivity index (χ0n) is 13.4. The fourth-order valence-electron chi connectivity index (χ4n) is 1.96. The van der Waals surface area contributed by atoms with E-state index >= 15 is 0 Å². The molecule has 2 rings (SSSR count). The monoisotopic (exact) mass is 337 g/mol. The molecule has 0 saturated carbocycles. The van der Waals surface area contributed by atoms with Crippen molar-refractivity contribution in [1.29, 1.82) is 0 Å². The topological polar surface area (TPSA) is 81.7 Å². The molecule has 0 spiro atoms. The number of methoxy groups -OCH3 is 3. The molecule has 8 heteroatoms. The predicted molar refractivity (Wildman–Crippen MR) is 90.3 cm³/mol. The first kappa shape index (κ1) is 16.9. The van der Waals surface area contributed by atoms with E-state index in [-0.39, 0.29) is 5.91 Å². The zero-order chi connectivity index (χ0) is 16.8. The van der Waals surface area contributed by atoms with E-state index < -0.39 is 0 Å². The van der Waals surface area contributed by atoms with Crippen LogP contribution in [0.1, 0.15) is 16.6 Å². The Morgan fingerprint density at radius 1 is 1.17 bits per heavy atom. The average Bonchev–Trinajstić information content (AvgIpc) is 3.03. The minimum Gasteiger partial charge on any atom is -0.493 e. The van der Waals surface area contributed by atoms with E-state index in [9.17, 15) is 4.79 Å². The summed E-state index contributed by atoms with van der Waals surface area (Å²) in [5, 5.41) is 6.58. The second-order valence-electron chi connectivity index (χ2n) is 4.43. The highest BCUT2D eigenvalue weighted by Gasteiger charge is 2.16. The number of carbonyl (C=O) groups excluding carboxylic acids is 1. The Hall–Kier alpha value is -2.48. The summed E-state index contributed by atoms with van der Waals surface area (Å²) >= 11 is 1.29. The van der Waals surface area contributed by atoms with Gasteiger partial charge in [0.15, 0.2) is 16.6 Å². The lowest BCUT2D eigenvalue weighted by atomic mass is 10.2. The fraction of sp³-hybridized carbons (Fsp3) is 0.333. The summed E-state index contributed by atoms with van der Waals surface area (Å²) in [6.07, 6.45) is 1.54. The van der Waals surface area contributed by atoms with Gasteiger partial charge >= 0.3 is 0 Å². The maximum atomic E-state index is 12.3. The highest BCUT2D eigenvalue weighted by atomic mass is 32.1. The van der Waals surface area contributed by atoms with Gasteiger partial charge in [-0.15, -0.1) is 0 Å². The molecule has 0 fully saturated rings. The number of thiazole rings is 1. The molecule has 0 saturated heterocycles. The predicted octanol–water partition coefficient (Wildman–Crippen LogP) is 2.85. The van der Waals surface area contributed by atoms with Crippen LogP contribution in [-0.4, -0.2) is 38.8 Å². The van der Waals surface area contributed by atoms with E-state index in [4.69, 9.17) is 14.2 Å². The molecule has 0 unspecified atom stereocenters. The van der Waals surface area contributed by atoms with Crippen molar-refractivity contribution < 1.29 is 19.0 Å². The van der Waals surface area contributed by atoms with Crippen LogP contribution < -0.4 is 24.8 Å². The Morgan fingerprint density at radius 2 is 1.83 bits per heavy atom. The first-order chi connectivity index (χ1) is 11.1. The van der Waals surface area contributed by atoms with E-state index in [1.54, 1.807) is 12.1 Å². The molecule has 1 aromatic heterocycles. The number of anilines is 2. The van der Waals surface area contributed by atoms with Gasteiger partial charge in [-0.2, -0.15) is 0 Å². The molecule has 0 aliphatic heterocycles. The third-order valence-electron chi connectivity index (χ3n) is 2.98.